The minimum absolute atomic E-state index is 0.463. The number of para-hydroxylation sites is 1. The molecule has 0 aromatic heterocycles. The van der Waals surface area contributed by atoms with Crippen molar-refractivity contribution in [3.8, 4) is 11.1 Å². The maximum atomic E-state index is 11.3. The fraction of sp³-hybridized carbons (Fsp3) is 0.350. The van der Waals surface area contributed by atoms with Crippen molar-refractivity contribution < 1.29 is 9.53 Å². The summed E-state index contributed by atoms with van der Waals surface area (Å²) in [6, 6.07) is 15.8. The summed E-state index contributed by atoms with van der Waals surface area (Å²) < 4.78 is 4.62. The monoisotopic (exact) mass is 326 g/mol. The number of ether oxygens (including phenoxy) is 1. The number of nitrogens with zero attached hydrogens (tertiary/aromatic N) is 1. The molecule has 0 aliphatic carbocycles. The van der Waals surface area contributed by atoms with Crippen molar-refractivity contribution >= 4 is 11.8 Å². The second kappa shape index (κ2) is 9.08. The van der Waals surface area contributed by atoms with Crippen LogP contribution in [0, 0.1) is 6.92 Å². The molecule has 4 heteroatoms. The van der Waals surface area contributed by atoms with Gasteiger partial charge < -0.3 is 9.64 Å². The van der Waals surface area contributed by atoms with Crippen LogP contribution in [0.3, 0.4) is 0 Å². The molecule has 3 rings (SSSR count). The highest BCUT2D eigenvalue weighted by Crippen LogP contribution is 2.28. The van der Waals surface area contributed by atoms with Crippen LogP contribution in [0.25, 0.3) is 11.1 Å². The number of hydrogen-bond acceptors (Lipinski definition) is 3. The first-order chi connectivity index (χ1) is 11.6. The van der Waals surface area contributed by atoms with Gasteiger partial charge >= 0.3 is 6.09 Å². The number of aryl methyl sites for hydroxylation is 1. The highest BCUT2D eigenvalue weighted by molar-refractivity contribution is 5.91. The Kier molecular flexibility index (Phi) is 6.82. The smallest absolute Gasteiger partial charge is 0.411 e. The summed E-state index contributed by atoms with van der Waals surface area (Å²) in [6.45, 7) is 4.68. The van der Waals surface area contributed by atoms with Gasteiger partial charge in [-0.1, -0.05) is 48.0 Å². The first kappa shape index (κ1) is 18.0. The Morgan fingerprint density at radius 3 is 2.38 bits per heavy atom. The molecule has 4 nitrogen and oxygen atoms in total. The fourth-order valence-electron chi connectivity index (χ4n) is 2.69. The zero-order valence-corrected chi connectivity index (χ0v) is 14.7. The third-order valence-electron chi connectivity index (χ3n) is 4.01. The van der Waals surface area contributed by atoms with Gasteiger partial charge in [0.2, 0.25) is 0 Å². The molecular weight excluding hydrogens is 300 g/mol. The second-order valence-electron chi connectivity index (χ2n) is 6.04. The van der Waals surface area contributed by atoms with Crippen LogP contribution in [0.15, 0.2) is 48.5 Å². The van der Waals surface area contributed by atoms with Gasteiger partial charge in [-0.25, -0.2) is 4.79 Å². The Bertz CT molecular complexity index is 664. The molecule has 0 spiro atoms. The zero-order valence-electron chi connectivity index (χ0n) is 14.7. The van der Waals surface area contributed by atoms with Crippen molar-refractivity contribution in [2.45, 2.75) is 19.8 Å². The molecule has 1 N–H and O–H groups in total. The molecule has 0 saturated carbocycles. The summed E-state index contributed by atoms with van der Waals surface area (Å²) in [7, 11) is 3.53. The van der Waals surface area contributed by atoms with Crippen LogP contribution in [-0.4, -0.2) is 38.2 Å². The Balaban J connectivity index is 0.000000292. The lowest BCUT2D eigenvalue weighted by atomic mass is 10.0. The molecule has 1 fully saturated rings. The van der Waals surface area contributed by atoms with Crippen molar-refractivity contribution in [1.29, 1.82) is 0 Å². The predicted octanol–water partition coefficient (Wildman–Crippen LogP) is 4.55. The van der Waals surface area contributed by atoms with E-state index in [4.69, 9.17) is 0 Å². The van der Waals surface area contributed by atoms with E-state index in [1.54, 1.807) is 0 Å². The minimum Gasteiger partial charge on any atom is -0.453 e. The summed E-state index contributed by atoms with van der Waals surface area (Å²) in [5.41, 5.74) is 3.98. The van der Waals surface area contributed by atoms with Crippen LogP contribution in [0.5, 0.6) is 0 Å². The Hall–Kier alpha value is -2.33. The van der Waals surface area contributed by atoms with E-state index in [1.807, 2.05) is 49.4 Å². The maximum Gasteiger partial charge on any atom is 0.411 e. The molecule has 1 aliphatic rings. The van der Waals surface area contributed by atoms with E-state index < -0.39 is 6.09 Å². The highest BCUT2D eigenvalue weighted by atomic mass is 16.5. The lowest BCUT2D eigenvalue weighted by Crippen LogP contribution is -2.11. The molecular formula is C20H26N2O2. The summed E-state index contributed by atoms with van der Waals surface area (Å²) in [4.78, 5) is 13.7. The number of methoxy groups -OCH3 is 1. The van der Waals surface area contributed by atoms with Gasteiger partial charge in [-0.2, -0.15) is 0 Å². The second-order valence-corrected chi connectivity index (χ2v) is 6.04. The molecule has 1 heterocycles. The van der Waals surface area contributed by atoms with E-state index >= 15 is 0 Å². The molecule has 0 atom stereocenters. The van der Waals surface area contributed by atoms with Crippen LogP contribution in [-0.2, 0) is 4.74 Å². The van der Waals surface area contributed by atoms with Crippen molar-refractivity contribution in [3.63, 3.8) is 0 Å². The van der Waals surface area contributed by atoms with Crippen molar-refractivity contribution in [2.75, 3.05) is 32.6 Å². The molecule has 1 amide bonds. The van der Waals surface area contributed by atoms with E-state index in [9.17, 15) is 4.79 Å². The summed E-state index contributed by atoms with van der Waals surface area (Å²) in [6.07, 6.45) is 2.36. The molecule has 1 aliphatic heterocycles. The Morgan fingerprint density at radius 1 is 1.08 bits per heavy atom. The van der Waals surface area contributed by atoms with Crippen LogP contribution >= 0.6 is 0 Å². The van der Waals surface area contributed by atoms with Gasteiger partial charge in [0.15, 0.2) is 0 Å². The number of benzene rings is 2. The van der Waals surface area contributed by atoms with Crippen molar-refractivity contribution in [1.82, 2.24) is 4.90 Å². The number of rotatable bonds is 2. The third-order valence-corrected chi connectivity index (χ3v) is 4.01. The number of carbonyl (C=O) groups excluding carboxylic acids is 1. The van der Waals surface area contributed by atoms with Gasteiger partial charge in [0.25, 0.3) is 0 Å². The average Bonchev–Trinajstić information content (AvgIpc) is 3.07. The summed E-state index contributed by atoms with van der Waals surface area (Å²) in [5.74, 6) is 0. The molecule has 24 heavy (non-hydrogen) atoms. The number of nitrogens with one attached hydrogen (secondary N) is 1. The van der Waals surface area contributed by atoms with Crippen LogP contribution in [0.4, 0.5) is 10.5 Å². The minimum atomic E-state index is -0.463. The number of hydrogen-bond donors (Lipinski definition) is 1. The average molecular weight is 326 g/mol. The molecule has 0 unspecified atom stereocenters. The van der Waals surface area contributed by atoms with Crippen LogP contribution in [0.1, 0.15) is 18.4 Å². The van der Waals surface area contributed by atoms with E-state index in [1.165, 1.54) is 38.6 Å². The third kappa shape index (κ3) is 5.39. The molecule has 0 radical (unpaired) electrons. The normalized spacial score (nSPS) is 13.8. The summed E-state index contributed by atoms with van der Waals surface area (Å²) >= 11 is 0. The van der Waals surface area contributed by atoms with E-state index in [-0.39, 0.29) is 0 Å². The maximum absolute atomic E-state index is 11.3. The Labute approximate surface area is 144 Å². The molecule has 128 valence electrons. The number of likely N-dealkylation sites (tertiary alicyclic amines) is 1. The van der Waals surface area contributed by atoms with Gasteiger partial charge in [-0.05, 0) is 51.5 Å². The first-order valence-electron chi connectivity index (χ1n) is 8.29. The Morgan fingerprint density at radius 2 is 1.79 bits per heavy atom. The topological polar surface area (TPSA) is 41.6 Å². The molecule has 2 aromatic rings. The van der Waals surface area contributed by atoms with E-state index in [0.29, 0.717) is 0 Å². The zero-order chi connectivity index (χ0) is 17.4. The molecule has 0 bridgehead atoms. The van der Waals surface area contributed by atoms with E-state index in [2.05, 4.69) is 28.1 Å². The van der Waals surface area contributed by atoms with Crippen LogP contribution in [0.2, 0.25) is 0 Å². The molecule has 1 saturated heterocycles. The van der Waals surface area contributed by atoms with Gasteiger partial charge in [-0.3, -0.25) is 5.32 Å². The van der Waals surface area contributed by atoms with E-state index in [0.717, 1.165) is 16.8 Å². The predicted molar refractivity (Wildman–Crippen MR) is 99.4 cm³/mol. The highest BCUT2D eigenvalue weighted by Gasteiger charge is 2.07. The quantitative estimate of drug-likeness (QED) is 0.880. The lowest BCUT2D eigenvalue weighted by molar-refractivity contribution is 0.187. The van der Waals surface area contributed by atoms with Crippen molar-refractivity contribution in [2.24, 2.45) is 0 Å². The van der Waals surface area contributed by atoms with Gasteiger partial charge in [0, 0.05) is 5.56 Å². The number of carbonyl (C=O) groups is 1. The standard InChI is InChI=1S/C15H15NO2.C5H11N/c1-11-6-5-7-12(10-11)13-8-3-4-9-14(13)16-15(17)18-2;1-6-4-2-3-5-6/h3-10H,1-2H3,(H,16,17);2-5H2,1H3. The lowest BCUT2D eigenvalue weighted by Gasteiger charge is -2.10. The number of amides is 1. The first-order valence-corrected chi connectivity index (χ1v) is 8.29. The van der Waals surface area contributed by atoms with Crippen LogP contribution < -0.4 is 5.32 Å². The van der Waals surface area contributed by atoms with Gasteiger partial charge in [0.1, 0.15) is 0 Å². The number of anilines is 1. The van der Waals surface area contributed by atoms with Gasteiger partial charge in [0.05, 0.1) is 12.8 Å². The SMILES string of the molecule is CN1CCCC1.COC(=O)Nc1ccccc1-c1cccc(C)c1. The summed E-state index contributed by atoms with van der Waals surface area (Å²) in [5, 5.41) is 2.72. The largest absolute Gasteiger partial charge is 0.453 e. The molecule has 2 aromatic carbocycles. The van der Waals surface area contributed by atoms with Crippen molar-refractivity contribution in [3.05, 3.63) is 54.1 Å². The fourth-order valence-corrected chi connectivity index (χ4v) is 2.69. The van der Waals surface area contributed by atoms with Gasteiger partial charge in [-0.15, -0.1) is 0 Å².